The average molecular weight is 403 g/mol. The number of hydrogen-bond donors (Lipinski definition) is 0. The van der Waals surface area contributed by atoms with E-state index in [0.717, 1.165) is 34.6 Å². The zero-order chi connectivity index (χ0) is 18.0. The van der Waals surface area contributed by atoms with E-state index in [2.05, 4.69) is 15.2 Å². The monoisotopic (exact) mass is 403 g/mol. The molecule has 0 atom stereocenters. The summed E-state index contributed by atoms with van der Waals surface area (Å²) >= 11 is 2.64. The van der Waals surface area contributed by atoms with Gasteiger partial charge in [-0.05, 0) is 43.0 Å². The zero-order valence-corrected chi connectivity index (χ0v) is 15.2. The predicted octanol–water partition coefficient (Wildman–Crippen LogP) is 3.57. The Hall–Kier alpha value is -1.85. The van der Waals surface area contributed by atoms with E-state index in [9.17, 15) is 17.2 Å². The van der Waals surface area contributed by atoms with Crippen molar-refractivity contribution < 1.29 is 21.6 Å². The van der Waals surface area contributed by atoms with Crippen LogP contribution in [0.15, 0.2) is 49.1 Å². The molecule has 0 N–H and O–H groups in total. The Morgan fingerprint density at radius 2 is 1.96 bits per heavy atom. The van der Waals surface area contributed by atoms with Crippen LogP contribution in [0.4, 0.5) is 8.78 Å². The van der Waals surface area contributed by atoms with Crippen LogP contribution in [0.5, 0.6) is 0 Å². The van der Waals surface area contributed by atoms with Crippen LogP contribution in [0, 0.1) is 6.92 Å². The topological polar surface area (TPSA) is 86.0 Å². The van der Waals surface area contributed by atoms with Crippen molar-refractivity contribution in [2.24, 2.45) is 0 Å². The van der Waals surface area contributed by atoms with Gasteiger partial charge in [0.2, 0.25) is 15.7 Å². The third-order valence-corrected chi connectivity index (χ3v) is 6.11. The van der Waals surface area contributed by atoms with Gasteiger partial charge in [0.1, 0.15) is 0 Å². The number of hydrogen-bond acceptors (Lipinski definition) is 8. The normalized spacial score (nSPS) is 12.0. The van der Waals surface area contributed by atoms with Gasteiger partial charge in [-0.2, -0.15) is 8.78 Å². The summed E-state index contributed by atoms with van der Waals surface area (Å²) < 4.78 is 53.3. The first kappa shape index (κ1) is 18.0. The molecular formula is C14H11F2N3O3S3. The molecule has 0 aliphatic rings. The van der Waals surface area contributed by atoms with E-state index < -0.39 is 20.5 Å². The second kappa shape index (κ2) is 7.18. The molecule has 0 saturated carbocycles. The van der Waals surface area contributed by atoms with Gasteiger partial charge in [-0.25, -0.2) is 13.4 Å². The van der Waals surface area contributed by atoms with Gasteiger partial charge >= 0.3 is 5.76 Å². The SMILES string of the molecule is Cc1nc(Cc2nnc(Sc3ccc(S(=O)(=O)C(F)F)cc3)o2)cs1. The van der Waals surface area contributed by atoms with Crippen molar-refractivity contribution in [3.63, 3.8) is 0 Å². The maximum absolute atomic E-state index is 12.5. The highest BCUT2D eigenvalue weighted by Crippen LogP contribution is 2.28. The lowest BCUT2D eigenvalue weighted by atomic mass is 10.3. The largest absolute Gasteiger partial charge is 0.415 e. The van der Waals surface area contributed by atoms with Crippen LogP contribution in [-0.4, -0.2) is 29.4 Å². The van der Waals surface area contributed by atoms with E-state index in [1.54, 1.807) is 0 Å². The zero-order valence-electron chi connectivity index (χ0n) is 12.7. The molecule has 2 heterocycles. The first-order valence-corrected chi connectivity index (χ1v) is 10.1. The van der Waals surface area contributed by atoms with Crippen molar-refractivity contribution in [2.45, 2.75) is 34.1 Å². The molecule has 0 saturated heterocycles. The van der Waals surface area contributed by atoms with Crippen molar-refractivity contribution in [1.29, 1.82) is 0 Å². The Morgan fingerprint density at radius 1 is 1.24 bits per heavy atom. The minimum absolute atomic E-state index is 0.270. The molecule has 0 aliphatic carbocycles. The Morgan fingerprint density at radius 3 is 2.56 bits per heavy atom. The van der Waals surface area contributed by atoms with E-state index in [1.165, 1.54) is 23.5 Å². The second-order valence-electron chi connectivity index (χ2n) is 4.88. The fourth-order valence-corrected chi connectivity index (χ4v) is 3.92. The van der Waals surface area contributed by atoms with Crippen molar-refractivity contribution in [2.75, 3.05) is 0 Å². The number of thiazole rings is 1. The summed E-state index contributed by atoms with van der Waals surface area (Å²) in [5.74, 6) is -3.04. The third-order valence-electron chi connectivity index (χ3n) is 3.04. The summed E-state index contributed by atoms with van der Waals surface area (Å²) in [5.41, 5.74) is 0.837. The number of sulfone groups is 1. The van der Waals surface area contributed by atoms with Gasteiger partial charge in [-0.1, -0.05) is 0 Å². The molecule has 25 heavy (non-hydrogen) atoms. The molecule has 11 heteroatoms. The van der Waals surface area contributed by atoms with Crippen LogP contribution in [-0.2, 0) is 16.3 Å². The second-order valence-corrected chi connectivity index (χ2v) is 8.88. The first-order valence-electron chi connectivity index (χ1n) is 6.88. The molecule has 0 bridgehead atoms. The van der Waals surface area contributed by atoms with E-state index >= 15 is 0 Å². The Balaban J connectivity index is 1.69. The fourth-order valence-electron chi connectivity index (χ4n) is 1.90. The van der Waals surface area contributed by atoms with E-state index in [-0.39, 0.29) is 5.22 Å². The molecule has 0 unspecified atom stereocenters. The minimum Gasteiger partial charge on any atom is -0.415 e. The lowest BCUT2D eigenvalue weighted by Gasteiger charge is -2.03. The summed E-state index contributed by atoms with van der Waals surface area (Å²) in [6, 6.07) is 5.07. The number of alkyl halides is 2. The van der Waals surface area contributed by atoms with Crippen LogP contribution >= 0.6 is 23.1 Å². The molecule has 0 fully saturated rings. The van der Waals surface area contributed by atoms with Gasteiger partial charge in [0.05, 0.1) is 22.0 Å². The number of aromatic nitrogens is 3. The molecule has 2 aromatic heterocycles. The quantitative estimate of drug-likeness (QED) is 0.622. The molecule has 1 aromatic carbocycles. The summed E-state index contributed by atoms with van der Waals surface area (Å²) in [6.07, 6.45) is 0.420. The van der Waals surface area contributed by atoms with Gasteiger partial charge in [-0.15, -0.1) is 21.5 Å². The van der Waals surface area contributed by atoms with Gasteiger partial charge in [0.15, 0.2) is 0 Å². The molecule has 3 rings (SSSR count). The van der Waals surface area contributed by atoms with Crippen molar-refractivity contribution >= 4 is 32.9 Å². The summed E-state index contributed by atoms with van der Waals surface area (Å²) in [5, 5.41) is 11.0. The number of benzene rings is 1. The standard InChI is InChI=1S/C14H11F2N3O3S3/c1-8-17-9(7-23-8)6-12-18-19-14(22-12)24-10-2-4-11(5-3-10)25(20,21)13(15)16/h2-5,7,13H,6H2,1H3. The van der Waals surface area contributed by atoms with Crippen molar-refractivity contribution in [1.82, 2.24) is 15.2 Å². The highest BCUT2D eigenvalue weighted by molar-refractivity contribution is 7.99. The number of aryl methyl sites for hydroxylation is 1. The highest BCUT2D eigenvalue weighted by Gasteiger charge is 2.26. The molecule has 0 amide bonds. The summed E-state index contributed by atoms with van der Waals surface area (Å²) in [6.45, 7) is 1.90. The minimum atomic E-state index is -4.59. The lowest BCUT2D eigenvalue weighted by molar-refractivity contribution is 0.234. The molecule has 3 aromatic rings. The van der Waals surface area contributed by atoms with Crippen molar-refractivity contribution in [3.05, 3.63) is 46.2 Å². The smallest absolute Gasteiger partial charge is 0.341 e. The average Bonchev–Trinajstić information content (AvgIpc) is 3.17. The number of nitrogens with zero attached hydrogens (tertiary/aromatic N) is 3. The fraction of sp³-hybridized carbons (Fsp3) is 0.214. The van der Waals surface area contributed by atoms with Gasteiger partial charge in [0, 0.05) is 10.3 Å². The van der Waals surface area contributed by atoms with Gasteiger partial charge in [-0.3, -0.25) is 0 Å². The van der Waals surface area contributed by atoms with Crippen LogP contribution in [0.3, 0.4) is 0 Å². The number of halogens is 2. The van der Waals surface area contributed by atoms with E-state index in [1.807, 2.05) is 12.3 Å². The molecule has 0 aliphatic heterocycles. The maximum Gasteiger partial charge on any atom is 0.341 e. The molecule has 132 valence electrons. The van der Waals surface area contributed by atoms with E-state index in [0.29, 0.717) is 17.2 Å². The van der Waals surface area contributed by atoms with Gasteiger partial charge < -0.3 is 4.42 Å². The molecule has 0 radical (unpaired) electrons. The highest BCUT2D eigenvalue weighted by atomic mass is 32.2. The molecule has 6 nitrogen and oxygen atoms in total. The maximum atomic E-state index is 12.5. The Kier molecular flexibility index (Phi) is 5.16. The van der Waals surface area contributed by atoms with Crippen LogP contribution in [0.2, 0.25) is 0 Å². The first-order chi connectivity index (χ1) is 11.8. The van der Waals surface area contributed by atoms with Crippen LogP contribution in [0.25, 0.3) is 0 Å². The summed E-state index contributed by atoms with van der Waals surface area (Å²) in [7, 11) is -4.59. The predicted molar refractivity (Wildman–Crippen MR) is 87.7 cm³/mol. The van der Waals surface area contributed by atoms with Crippen LogP contribution in [0.1, 0.15) is 16.6 Å². The lowest BCUT2D eigenvalue weighted by Crippen LogP contribution is -2.10. The molecular weight excluding hydrogens is 392 g/mol. The third kappa shape index (κ3) is 4.22. The van der Waals surface area contributed by atoms with E-state index in [4.69, 9.17) is 4.42 Å². The summed E-state index contributed by atoms with van der Waals surface area (Å²) in [4.78, 5) is 4.47. The van der Waals surface area contributed by atoms with Crippen LogP contribution < -0.4 is 0 Å². The molecule has 0 spiro atoms. The number of rotatable bonds is 6. The Labute approximate surface area is 150 Å². The Bertz CT molecular complexity index is 969. The van der Waals surface area contributed by atoms with Gasteiger partial charge in [0.25, 0.3) is 5.22 Å². The van der Waals surface area contributed by atoms with Crippen molar-refractivity contribution in [3.8, 4) is 0 Å².